The van der Waals surface area contributed by atoms with Crippen molar-refractivity contribution >= 4 is 23.1 Å². The van der Waals surface area contributed by atoms with Crippen molar-refractivity contribution in [3.8, 4) is 17.2 Å². The standard InChI is InChI=1S/C23H25ClN2O5/c1-12-9-15-14(11-26(25-15)13-7-5-4-6-8-13)21(27)23(12)22(28)18-16(29-2)10-17(30-3)19(24)20(18)31-23/h4-8,10,12,14-15,21,25,27H,9,11H2,1-3H3/t12-,14?,15?,21?,23+/m1/s1. The molecule has 5 atom stereocenters. The molecule has 0 radical (unpaired) electrons. The number of benzene rings is 2. The van der Waals surface area contributed by atoms with Crippen LogP contribution in [0.5, 0.6) is 17.2 Å². The lowest BCUT2D eigenvalue weighted by Gasteiger charge is -2.45. The number of nitrogens with zero attached hydrogens (tertiary/aromatic N) is 1. The summed E-state index contributed by atoms with van der Waals surface area (Å²) in [7, 11) is 2.97. The number of ketones is 1. The zero-order valence-corrected chi connectivity index (χ0v) is 18.3. The Hall–Kier alpha value is -2.48. The van der Waals surface area contributed by atoms with Crippen LogP contribution in [0, 0.1) is 11.8 Å². The summed E-state index contributed by atoms with van der Waals surface area (Å²) in [5.41, 5.74) is 3.37. The topological polar surface area (TPSA) is 80.3 Å². The van der Waals surface area contributed by atoms with E-state index in [2.05, 4.69) is 5.43 Å². The van der Waals surface area contributed by atoms with E-state index in [1.54, 1.807) is 6.07 Å². The van der Waals surface area contributed by atoms with Crippen LogP contribution in [0.2, 0.25) is 5.02 Å². The lowest BCUT2D eigenvalue weighted by molar-refractivity contribution is -0.104. The highest BCUT2D eigenvalue weighted by atomic mass is 35.5. The van der Waals surface area contributed by atoms with Gasteiger partial charge in [-0.2, -0.15) is 0 Å². The Morgan fingerprint density at radius 1 is 1.23 bits per heavy atom. The number of carbonyl (C=O) groups excluding carboxylic acids is 1. The number of carbonyl (C=O) groups is 1. The molecule has 2 aliphatic heterocycles. The Morgan fingerprint density at radius 3 is 2.61 bits per heavy atom. The number of aliphatic hydroxyl groups is 1. The molecule has 31 heavy (non-hydrogen) atoms. The number of hydrogen-bond donors (Lipinski definition) is 2. The third kappa shape index (κ3) is 2.76. The summed E-state index contributed by atoms with van der Waals surface area (Å²) < 4.78 is 17.1. The molecule has 2 N–H and O–H groups in total. The number of nitrogens with one attached hydrogen (secondary N) is 1. The molecule has 5 rings (SSSR count). The zero-order chi connectivity index (χ0) is 21.9. The zero-order valence-electron chi connectivity index (χ0n) is 17.6. The number of anilines is 1. The van der Waals surface area contributed by atoms with E-state index < -0.39 is 11.7 Å². The van der Waals surface area contributed by atoms with Crippen molar-refractivity contribution in [3.63, 3.8) is 0 Å². The average Bonchev–Trinajstić information content (AvgIpc) is 3.34. The Bertz CT molecular complexity index is 1030. The van der Waals surface area contributed by atoms with Gasteiger partial charge in [0.1, 0.15) is 28.2 Å². The second kappa shape index (κ2) is 7.29. The lowest BCUT2D eigenvalue weighted by Crippen LogP contribution is -2.64. The first-order chi connectivity index (χ1) is 14.9. The van der Waals surface area contributed by atoms with Crippen molar-refractivity contribution in [2.75, 3.05) is 25.8 Å². The third-order valence-electron chi connectivity index (χ3n) is 6.93. The fourth-order valence-corrected chi connectivity index (χ4v) is 5.59. The summed E-state index contributed by atoms with van der Waals surface area (Å²) in [5.74, 6) is 0.171. The molecule has 164 valence electrons. The fraction of sp³-hybridized carbons (Fsp3) is 0.435. The van der Waals surface area contributed by atoms with Crippen LogP contribution in [0.1, 0.15) is 23.7 Å². The van der Waals surface area contributed by atoms with Gasteiger partial charge in [-0.15, -0.1) is 0 Å². The van der Waals surface area contributed by atoms with Crippen LogP contribution in [0.15, 0.2) is 36.4 Å². The highest BCUT2D eigenvalue weighted by molar-refractivity contribution is 6.35. The quantitative estimate of drug-likeness (QED) is 0.753. The van der Waals surface area contributed by atoms with E-state index >= 15 is 0 Å². The second-order valence-electron chi connectivity index (χ2n) is 8.45. The van der Waals surface area contributed by atoms with Gasteiger partial charge in [-0.3, -0.25) is 4.79 Å². The van der Waals surface area contributed by atoms with Gasteiger partial charge in [0.25, 0.3) is 0 Å². The van der Waals surface area contributed by atoms with E-state index in [0.29, 0.717) is 24.5 Å². The molecule has 2 heterocycles. The Balaban J connectivity index is 1.53. The van der Waals surface area contributed by atoms with Crippen molar-refractivity contribution in [2.45, 2.75) is 31.1 Å². The number of hydrogen-bond acceptors (Lipinski definition) is 7. The van der Waals surface area contributed by atoms with Crippen LogP contribution >= 0.6 is 11.6 Å². The number of ether oxygens (including phenoxy) is 3. The molecule has 3 aliphatic rings. The number of hydrazine groups is 1. The van der Waals surface area contributed by atoms with Crippen molar-refractivity contribution < 1.29 is 24.1 Å². The number of rotatable bonds is 3. The molecule has 0 aromatic heterocycles. The van der Waals surface area contributed by atoms with E-state index in [1.807, 2.05) is 42.3 Å². The minimum Gasteiger partial charge on any atom is -0.496 e. The van der Waals surface area contributed by atoms with Gasteiger partial charge >= 0.3 is 0 Å². The van der Waals surface area contributed by atoms with E-state index in [9.17, 15) is 9.90 Å². The molecule has 3 unspecified atom stereocenters. The first-order valence-electron chi connectivity index (χ1n) is 10.4. The molecular formula is C23H25ClN2O5. The number of para-hydroxylation sites is 1. The molecule has 0 bridgehead atoms. The van der Waals surface area contributed by atoms with Gasteiger partial charge in [0, 0.05) is 30.5 Å². The molecule has 7 nitrogen and oxygen atoms in total. The van der Waals surface area contributed by atoms with Gasteiger partial charge in [-0.25, -0.2) is 5.43 Å². The van der Waals surface area contributed by atoms with Gasteiger partial charge in [-0.1, -0.05) is 36.7 Å². The number of halogens is 1. The molecule has 1 aliphatic carbocycles. The Labute approximate surface area is 185 Å². The van der Waals surface area contributed by atoms with Gasteiger partial charge in [0.05, 0.1) is 19.9 Å². The summed E-state index contributed by atoms with van der Waals surface area (Å²) >= 11 is 6.50. The summed E-state index contributed by atoms with van der Waals surface area (Å²) in [4.78, 5) is 13.8. The summed E-state index contributed by atoms with van der Waals surface area (Å²) in [6.45, 7) is 2.50. The van der Waals surface area contributed by atoms with Crippen LogP contribution in [0.3, 0.4) is 0 Å². The molecule has 1 saturated carbocycles. The molecule has 2 aromatic carbocycles. The van der Waals surface area contributed by atoms with Crippen molar-refractivity contribution in [1.82, 2.24) is 5.43 Å². The number of methoxy groups -OCH3 is 2. The average molecular weight is 445 g/mol. The summed E-state index contributed by atoms with van der Waals surface area (Å²) in [6, 6.07) is 11.6. The third-order valence-corrected chi connectivity index (χ3v) is 7.29. The van der Waals surface area contributed by atoms with Gasteiger partial charge in [-0.05, 0) is 18.6 Å². The molecule has 8 heteroatoms. The molecule has 1 spiro atoms. The highest BCUT2D eigenvalue weighted by Crippen LogP contribution is 2.55. The second-order valence-corrected chi connectivity index (χ2v) is 8.83. The molecular weight excluding hydrogens is 420 g/mol. The van der Waals surface area contributed by atoms with Crippen LogP contribution in [0.4, 0.5) is 5.69 Å². The Morgan fingerprint density at radius 2 is 1.94 bits per heavy atom. The first-order valence-corrected chi connectivity index (χ1v) is 10.7. The number of Topliss-reactive ketones (excluding diaryl/α,β-unsaturated/α-hetero) is 1. The van der Waals surface area contributed by atoms with Crippen LogP contribution in [-0.4, -0.2) is 49.4 Å². The maximum atomic E-state index is 13.8. The van der Waals surface area contributed by atoms with E-state index in [0.717, 1.165) is 5.69 Å². The smallest absolute Gasteiger partial charge is 0.216 e. The predicted octanol–water partition coefficient (Wildman–Crippen LogP) is 3.08. The summed E-state index contributed by atoms with van der Waals surface area (Å²) in [6.07, 6.45) is -0.351. The highest BCUT2D eigenvalue weighted by Gasteiger charge is 2.65. The fourth-order valence-electron chi connectivity index (χ4n) is 5.33. The van der Waals surface area contributed by atoms with E-state index in [-0.39, 0.29) is 40.0 Å². The van der Waals surface area contributed by atoms with Gasteiger partial charge < -0.3 is 24.3 Å². The monoisotopic (exact) mass is 444 g/mol. The number of fused-ring (bicyclic) bond motifs is 2. The summed E-state index contributed by atoms with van der Waals surface area (Å²) in [5, 5.41) is 13.8. The van der Waals surface area contributed by atoms with Crippen molar-refractivity contribution in [2.24, 2.45) is 11.8 Å². The SMILES string of the molecule is COc1cc(OC)c2c(c1Cl)O[C@]1(C2=O)C(O)C2CN(c3ccccc3)NC2C[C@H]1C. The van der Waals surface area contributed by atoms with Crippen LogP contribution in [0.25, 0.3) is 0 Å². The largest absolute Gasteiger partial charge is 0.496 e. The van der Waals surface area contributed by atoms with E-state index in [1.165, 1.54) is 14.2 Å². The van der Waals surface area contributed by atoms with E-state index in [4.69, 9.17) is 25.8 Å². The van der Waals surface area contributed by atoms with Crippen LogP contribution in [-0.2, 0) is 0 Å². The minimum absolute atomic E-state index is 0.0304. The molecule has 2 fully saturated rings. The first kappa shape index (κ1) is 20.4. The van der Waals surface area contributed by atoms with Crippen molar-refractivity contribution in [3.05, 3.63) is 47.0 Å². The van der Waals surface area contributed by atoms with Crippen LogP contribution < -0.4 is 24.6 Å². The normalized spacial score (nSPS) is 31.4. The maximum Gasteiger partial charge on any atom is 0.216 e. The lowest BCUT2D eigenvalue weighted by atomic mass is 9.65. The van der Waals surface area contributed by atoms with Gasteiger partial charge in [0.2, 0.25) is 11.4 Å². The van der Waals surface area contributed by atoms with Crippen molar-refractivity contribution in [1.29, 1.82) is 0 Å². The predicted molar refractivity (Wildman–Crippen MR) is 116 cm³/mol. The minimum atomic E-state index is -1.42. The molecule has 1 saturated heterocycles. The van der Waals surface area contributed by atoms with Gasteiger partial charge in [0.15, 0.2) is 5.75 Å². The molecule has 2 aromatic rings. The Kier molecular flexibility index (Phi) is 4.80. The number of aliphatic hydroxyl groups excluding tert-OH is 1. The molecule has 0 amide bonds. The maximum absolute atomic E-state index is 13.8.